The maximum absolute atomic E-state index is 5.64. The minimum absolute atomic E-state index is 0.0775. The second kappa shape index (κ2) is 5.39. The zero-order valence-corrected chi connectivity index (χ0v) is 11.6. The summed E-state index contributed by atoms with van der Waals surface area (Å²) in [5, 5.41) is 4.48. The van der Waals surface area contributed by atoms with Gasteiger partial charge in [0.25, 0.3) is 0 Å². The van der Waals surface area contributed by atoms with Gasteiger partial charge in [-0.15, -0.1) is 0 Å². The van der Waals surface area contributed by atoms with E-state index in [0.29, 0.717) is 0 Å². The number of para-hydroxylation sites is 1. The Labute approximate surface area is 118 Å². The van der Waals surface area contributed by atoms with Crippen molar-refractivity contribution in [3.8, 4) is 5.75 Å². The van der Waals surface area contributed by atoms with E-state index < -0.39 is 0 Å². The lowest BCUT2D eigenvalue weighted by atomic mass is 9.98. The molecule has 0 aliphatic carbocycles. The van der Waals surface area contributed by atoms with E-state index in [2.05, 4.69) is 17.4 Å². The smallest absolute Gasteiger partial charge is 0.134 e. The predicted octanol–water partition coefficient (Wildman–Crippen LogP) is 3.75. The highest BCUT2D eigenvalue weighted by molar-refractivity contribution is 5.81. The molecule has 0 aliphatic heterocycles. The first-order chi connectivity index (χ1) is 9.83. The summed E-state index contributed by atoms with van der Waals surface area (Å²) in [6, 6.07) is 16.2. The molecule has 2 aromatic carbocycles. The van der Waals surface area contributed by atoms with Crippen molar-refractivity contribution >= 4 is 11.0 Å². The van der Waals surface area contributed by atoms with Gasteiger partial charge < -0.3 is 14.5 Å². The summed E-state index contributed by atoms with van der Waals surface area (Å²) < 4.78 is 10.9. The molecule has 0 amide bonds. The van der Waals surface area contributed by atoms with Crippen LogP contribution in [0.3, 0.4) is 0 Å². The van der Waals surface area contributed by atoms with Crippen LogP contribution in [-0.4, -0.2) is 14.2 Å². The van der Waals surface area contributed by atoms with Gasteiger partial charge in [-0.25, -0.2) is 0 Å². The Morgan fingerprint density at radius 1 is 1.10 bits per heavy atom. The Morgan fingerprint density at radius 3 is 2.75 bits per heavy atom. The van der Waals surface area contributed by atoms with Gasteiger partial charge in [0.2, 0.25) is 0 Å². The fourth-order valence-corrected chi connectivity index (χ4v) is 2.54. The molecule has 1 atom stereocenters. The molecular weight excluding hydrogens is 250 g/mol. The molecule has 0 radical (unpaired) electrons. The van der Waals surface area contributed by atoms with Gasteiger partial charge in [-0.1, -0.05) is 30.3 Å². The number of methoxy groups -OCH3 is 1. The molecule has 0 fully saturated rings. The summed E-state index contributed by atoms with van der Waals surface area (Å²) in [6.07, 6.45) is 1.82. The van der Waals surface area contributed by atoms with Gasteiger partial charge in [0.1, 0.15) is 11.3 Å². The average molecular weight is 267 g/mol. The SMILES string of the molecule is CNC(c1cccc(OC)c1)c1coc2ccccc12. The van der Waals surface area contributed by atoms with E-state index in [1.807, 2.05) is 49.7 Å². The summed E-state index contributed by atoms with van der Waals surface area (Å²) in [4.78, 5) is 0. The molecule has 0 saturated carbocycles. The third kappa shape index (κ3) is 2.17. The van der Waals surface area contributed by atoms with Crippen LogP contribution < -0.4 is 10.1 Å². The Bertz CT molecular complexity index is 718. The third-order valence-corrected chi connectivity index (χ3v) is 3.54. The number of benzene rings is 2. The molecule has 1 aromatic heterocycles. The van der Waals surface area contributed by atoms with Crippen LogP contribution in [0.25, 0.3) is 11.0 Å². The van der Waals surface area contributed by atoms with Crippen molar-refractivity contribution in [1.82, 2.24) is 5.32 Å². The molecule has 1 N–H and O–H groups in total. The van der Waals surface area contributed by atoms with Crippen LogP contribution in [0, 0.1) is 0 Å². The summed E-state index contributed by atoms with van der Waals surface area (Å²) in [7, 11) is 3.63. The van der Waals surface area contributed by atoms with Crippen molar-refractivity contribution in [2.24, 2.45) is 0 Å². The van der Waals surface area contributed by atoms with E-state index in [1.165, 1.54) is 0 Å². The fraction of sp³-hybridized carbons (Fsp3) is 0.176. The van der Waals surface area contributed by atoms with Crippen LogP contribution in [0.1, 0.15) is 17.2 Å². The predicted molar refractivity (Wildman–Crippen MR) is 80.1 cm³/mol. The second-order valence-corrected chi connectivity index (χ2v) is 4.69. The number of hydrogen-bond donors (Lipinski definition) is 1. The lowest BCUT2D eigenvalue weighted by Crippen LogP contribution is -2.17. The number of nitrogens with one attached hydrogen (secondary N) is 1. The van der Waals surface area contributed by atoms with Crippen LogP contribution >= 0.6 is 0 Å². The van der Waals surface area contributed by atoms with E-state index in [-0.39, 0.29) is 6.04 Å². The van der Waals surface area contributed by atoms with Crippen molar-refractivity contribution in [2.75, 3.05) is 14.2 Å². The van der Waals surface area contributed by atoms with Gasteiger partial charge in [-0.2, -0.15) is 0 Å². The third-order valence-electron chi connectivity index (χ3n) is 3.54. The summed E-state index contributed by atoms with van der Waals surface area (Å²) >= 11 is 0. The topological polar surface area (TPSA) is 34.4 Å². The first-order valence-corrected chi connectivity index (χ1v) is 6.61. The Hall–Kier alpha value is -2.26. The maximum Gasteiger partial charge on any atom is 0.134 e. The minimum atomic E-state index is 0.0775. The Balaban J connectivity index is 2.09. The first kappa shape index (κ1) is 12.8. The van der Waals surface area contributed by atoms with Crippen molar-refractivity contribution in [2.45, 2.75) is 6.04 Å². The standard InChI is InChI=1S/C17H17NO2/c1-18-17(12-6-5-7-13(10-12)19-2)15-11-20-16-9-4-3-8-14(15)16/h3-11,17-18H,1-2H3. The molecule has 3 heteroatoms. The molecule has 3 nitrogen and oxygen atoms in total. The maximum atomic E-state index is 5.64. The summed E-state index contributed by atoms with van der Waals surface area (Å²) in [6.45, 7) is 0. The lowest BCUT2D eigenvalue weighted by molar-refractivity contribution is 0.413. The van der Waals surface area contributed by atoms with Gasteiger partial charge in [0, 0.05) is 10.9 Å². The van der Waals surface area contributed by atoms with Crippen LogP contribution in [0.5, 0.6) is 5.75 Å². The highest BCUT2D eigenvalue weighted by Crippen LogP contribution is 2.31. The molecule has 0 bridgehead atoms. The second-order valence-electron chi connectivity index (χ2n) is 4.69. The average Bonchev–Trinajstić information content (AvgIpc) is 2.93. The minimum Gasteiger partial charge on any atom is -0.497 e. The zero-order valence-electron chi connectivity index (χ0n) is 11.6. The molecule has 0 saturated heterocycles. The monoisotopic (exact) mass is 267 g/mol. The van der Waals surface area contributed by atoms with Crippen LogP contribution in [0.15, 0.2) is 59.2 Å². The zero-order chi connectivity index (χ0) is 13.9. The van der Waals surface area contributed by atoms with Crippen molar-refractivity contribution in [3.63, 3.8) is 0 Å². The molecule has 0 spiro atoms. The number of furan rings is 1. The molecule has 0 aliphatic rings. The number of ether oxygens (including phenoxy) is 1. The highest BCUT2D eigenvalue weighted by atomic mass is 16.5. The van der Waals surface area contributed by atoms with E-state index >= 15 is 0 Å². The lowest BCUT2D eigenvalue weighted by Gasteiger charge is -2.16. The first-order valence-electron chi connectivity index (χ1n) is 6.61. The molecule has 3 aromatic rings. The van der Waals surface area contributed by atoms with Gasteiger partial charge in [-0.05, 0) is 30.8 Å². The molecule has 20 heavy (non-hydrogen) atoms. The normalized spacial score (nSPS) is 12.5. The van der Waals surface area contributed by atoms with Gasteiger partial charge >= 0.3 is 0 Å². The van der Waals surface area contributed by atoms with Crippen LogP contribution in [-0.2, 0) is 0 Å². The largest absolute Gasteiger partial charge is 0.497 e. The summed E-state index contributed by atoms with van der Waals surface area (Å²) in [5.74, 6) is 0.857. The number of rotatable bonds is 4. The van der Waals surface area contributed by atoms with E-state index in [9.17, 15) is 0 Å². The quantitative estimate of drug-likeness (QED) is 0.781. The molecule has 102 valence electrons. The molecule has 1 unspecified atom stereocenters. The Kier molecular flexibility index (Phi) is 3.44. The number of fused-ring (bicyclic) bond motifs is 1. The van der Waals surface area contributed by atoms with Crippen molar-refractivity contribution in [1.29, 1.82) is 0 Å². The van der Waals surface area contributed by atoms with E-state index in [1.54, 1.807) is 7.11 Å². The van der Waals surface area contributed by atoms with Crippen LogP contribution in [0.2, 0.25) is 0 Å². The number of hydrogen-bond acceptors (Lipinski definition) is 3. The summed E-state index contributed by atoms with van der Waals surface area (Å²) in [5.41, 5.74) is 3.19. The molecular formula is C17H17NO2. The van der Waals surface area contributed by atoms with Crippen LogP contribution in [0.4, 0.5) is 0 Å². The van der Waals surface area contributed by atoms with Crippen molar-refractivity contribution < 1.29 is 9.15 Å². The molecule has 3 rings (SSSR count). The highest BCUT2D eigenvalue weighted by Gasteiger charge is 2.17. The molecule has 1 heterocycles. The van der Waals surface area contributed by atoms with Gasteiger partial charge in [0.05, 0.1) is 19.4 Å². The Morgan fingerprint density at radius 2 is 1.95 bits per heavy atom. The van der Waals surface area contributed by atoms with E-state index in [4.69, 9.17) is 9.15 Å². The fourth-order valence-electron chi connectivity index (χ4n) is 2.54. The van der Waals surface area contributed by atoms with Crippen molar-refractivity contribution in [3.05, 3.63) is 65.9 Å². The van der Waals surface area contributed by atoms with Gasteiger partial charge in [0.15, 0.2) is 0 Å². The van der Waals surface area contributed by atoms with E-state index in [0.717, 1.165) is 27.8 Å². The van der Waals surface area contributed by atoms with Gasteiger partial charge in [-0.3, -0.25) is 0 Å².